The minimum atomic E-state index is 0.590. The summed E-state index contributed by atoms with van der Waals surface area (Å²) in [5.41, 5.74) is 1.11. The number of hydrogen-bond donors (Lipinski definition) is 1. The molecule has 1 saturated carbocycles. The van der Waals surface area contributed by atoms with Gasteiger partial charge in [-0.05, 0) is 47.5 Å². The van der Waals surface area contributed by atoms with Crippen molar-refractivity contribution >= 4 is 5.95 Å². The van der Waals surface area contributed by atoms with Crippen LogP contribution in [0.25, 0.3) is 0 Å². The van der Waals surface area contributed by atoms with Crippen molar-refractivity contribution in [2.45, 2.75) is 65.6 Å². The van der Waals surface area contributed by atoms with E-state index in [0.29, 0.717) is 18.1 Å². The van der Waals surface area contributed by atoms with Gasteiger partial charge in [-0.1, -0.05) is 0 Å². The van der Waals surface area contributed by atoms with Crippen molar-refractivity contribution in [3.05, 3.63) is 11.9 Å². The summed E-state index contributed by atoms with van der Waals surface area (Å²) in [6, 6.07) is 1.87. The van der Waals surface area contributed by atoms with Gasteiger partial charge >= 0.3 is 0 Å². The van der Waals surface area contributed by atoms with Gasteiger partial charge < -0.3 is 9.88 Å². The number of rotatable bonds is 7. The van der Waals surface area contributed by atoms with E-state index in [2.05, 4.69) is 60.6 Å². The second-order valence-electron chi connectivity index (χ2n) is 6.20. The van der Waals surface area contributed by atoms with Crippen molar-refractivity contribution in [2.24, 2.45) is 0 Å². The molecular formula is C15H28N4. The van der Waals surface area contributed by atoms with E-state index < -0.39 is 0 Å². The molecule has 19 heavy (non-hydrogen) atoms. The highest BCUT2D eigenvalue weighted by atomic mass is 15.2. The topological polar surface area (TPSA) is 33.1 Å². The molecule has 0 bridgehead atoms. The van der Waals surface area contributed by atoms with Gasteiger partial charge in [0.05, 0.1) is 5.69 Å². The van der Waals surface area contributed by atoms with Crippen LogP contribution in [0.4, 0.5) is 5.95 Å². The van der Waals surface area contributed by atoms with Crippen LogP contribution in [0.5, 0.6) is 0 Å². The Morgan fingerprint density at radius 3 is 2.47 bits per heavy atom. The number of nitrogens with zero attached hydrogens (tertiary/aromatic N) is 3. The molecule has 0 amide bonds. The van der Waals surface area contributed by atoms with Gasteiger partial charge in [-0.25, -0.2) is 4.98 Å². The molecule has 1 heterocycles. The Hall–Kier alpha value is -1.03. The number of anilines is 1. The molecule has 2 rings (SSSR count). The van der Waals surface area contributed by atoms with Crippen molar-refractivity contribution in [3.63, 3.8) is 0 Å². The molecule has 1 aromatic rings. The van der Waals surface area contributed by atoms with E-state index in [1.807, 2.05) is 0 Å². The molecule has 0 unspecified atom stereocenters. The van der Waals surface area contributed by atoms with Crippen molar-refractivity contribution in [2.75, 3.05) is 18.4 Å². The smallest absolute Gasteiger partial charge is 0.203 e. The molecule has 0 aliphatic heterocycles. The average Bonchev–Trinajstić information content (AvgIpc) is 3.08. The first-order valence-electron chi connectivity index (χ1n) is 7.54. The van der Waals surface area contributed by atoms with Crippen molar-refractivity contribution in [3.8, 4) is 0 Å². The molecule has 0 saturated heterocycles. The largest absolute Gasteiger partial charge is 0.354 e. The van der Waals surface area contributed by atoms with Gasteiger partial charge in [0.25, 0.3) is 0 Å². The number of hydrogen-bond acceptors (Lipinski definition) is 3. The molecule has 1 aliphatic rings. The molecule has 0 aromatic carbocycles. The monoisotopic (exact) mass is 264 g/mol. The lowest BCUT2D eigenvalue weighted by Gasteiger charge is -2.30. The maximum Gasteiger partial charge on any atom is 0.203 e. The Labute approximate surface area is 117 Å². The fourth-order valence-electron chi connectivity index (χ4n) is 2.69. The zero-order valence-electron chi connectivity index (χ0n) is 13.0. The lowest BCUT2D eigenvalue weighted by Crippen LogP contribution is -2.40. The second-order valence-corrected chi connectivity index (χ2v) is 6.20. The SMILES string of the molecule is Cc1cn(C2CC2)c(NCCN(C(C)C)C(C)C)n1. The first kappa shape index (κ1) is 14.4. The second kappa shape index (κ2) is 5.95. The fourth-order valence-corrected chi connectivity index (χ4v) is 2.69. The Balaban J connectivity index is 1.88. The standard InChI is InChI=1S/C15H28N4/c1-11(2)18(12(3)4)9-8-16-15-17-13(5)10-19(15)14-6-7-14/h10-12,14H,6-9H2,1-5H3,(H,16,17). The fraction of sp³-hybridized carbons (Fsp3) is 0.800. The lowest BCUT2D eigenvalue weighted by molar-refractivity contribution is 0.182. The zero-order valence-corrected chi connectivity index (χ0v) is 13.0. The van der Waals surface area contributed by atoms with Gasteiger partial charge in [0.15, 0.2) is 0 Å². The molecule has 1 aliphatic carbocycles. The van der Waals surface area contributed by atoms with E-state index in [0.717, 1.165) is 24.7 Å². The molecule has 1 aromatic heterocycles. The van der Waals surface area contributed by atoms with Crippen LogP contribution in [0.3, 0.4) is 0 Å². The molecular weight excluding hydrogens is 236 g/mol. The highest BCUT2D eigenvalue weighted by Crippen LogP contribution is 2.37. The Bertz CT molecular complexity index is 396. The van der Waals surface area contributed by atoms with Crippen LogP contribution in [0.1, 0.15) is 52.3 Å². The van der Waals surface area contributed by atoms with Gasteiger partial charge in [-0.2, -0.15) is 0 Å². The van der Waals surface area contributed by atoms with Crippen LogP contribution in [0, 0.1) is 6.92 Å². The average molecular weight is 264 g/mol. The summed E-state index contributed by atoms with van der Waals surface area (Å²) in [6.07, 6.45) is 4.77. The molecule has 1 fully saturated rings. The van der Waals surface area contributed by atoms with Gasteiger partial charge in [0, 0.05) is 37.4 Å². The number of imidazole rings is 1. The Morgan fingerprint density at radius 2 is 1.95 bits per heavy atom. The Morgan fingerprint density at radius 1 is 1.32 bits per heavy atom. The third-order valence-electron chi connectivity index (χ3n) is 3.77. The minimum absolute atomic E-state index is 0.590. The maximum atomic E-state index is 4.59. The molecule has 0 radical (unpaired) electrons. The molecule has 4 heteroatoms. The predicted molar refractivity (Wildman–Crippen MR) is 80.7 cm³/mol. The number of aromatic nitrogens is 2. The van der Waals surface area contributed by atoms with E-state index in [-0.39, 0.29) is 0 Å². The Kier molecular flexibility index (Phi) is 4.50. The van der Waals surface area contributed by atoms with E-state index in [1.54, 1.807) is 0 Å². The van der Waals surface area contributed by atoms with Crippen LogP contribution >= 0.6 is 0 Å². The maximum absolute atomic E-state index is 4.59. The third-order valence-corrected chi connectivity index (χ3v) is 3.77. The third kappa shape index (κ3) is 3.72. The summed E-state index contributed by atoms with van der Waals surface area (Å²) >= 11 is 0. The van der Waals surface area contributed by atoms with Crippen LogP contribution in [0.15, 0.2) is 6.20 Å². The first-order valence-corrected chi connectivity index (χ1v) is 7.54. The molecule has 0 atom stereocenters. The minimum Gasteiger partial charge on any atom is -0.354 e. The number of nitrogens with one attached hydrogen (secondary N) is 1. The highest BCUT2D eigenvalue weighted by Gasteiger charge is 2.26. The summed E-state index contributed by atoms with van der Waals surface area (Å²) in [5.74, 6) is 1.05. The van der Waals surface area contributed by atoms with Gasteiger partial charge in [-0.3, -0.25) is 4.90 Å². The predicted octanol–water partition coefficient (Wildman–Crippen LogP) is 3.06. The van der Waals surface area contributed by atoms with E-state index in [4.69, 9.17) is 0 Å². The van der Waals surface area contributed by atoms with Crippen LogP contribution in [-0.2, 0) is 0 Å². The molecule has 1 N–H and O–H groups in total. The van der Waals surface area contributed by atoms with E-state index in [1.165, 1.54) is 12.8 Å². The van der Waals surface area contributed by atoms with Gasteiger partial charge in [-0.15, -0.1) is 0 Å². The summed E-state index contributed by atoms with van der Waals surface area (Å²) in [5, 5.41) is 3.51. The molecule has 0 spiro atoms. The van der Waals surface area contributed by atoms with E-state index in [9.17, 15) is 0 Å². The van der Waals surface area contributed by atoms with Gasteiger partial charge in [0.2, 0.25) is 5.95 Å². The first-order chi connectivity index (χ1) is 8.99. The molecule has 4 nitrogen and oxygen atoms in total. The summed E-state index contributed by atoms with van der Waals surface area (Å²) < 4.78 is 2.31. The summed E-state index contributed by atoms with van der Waals surface area (Å²) in [6.45, 7) is 13.1. The quantitative estimate of drug-likeness (QED) is 0.821. The summed E-state index contributed by atoms with van der Waals surface area (Å²) in [7, 11) is 0. The zero-order chi connectivity index (χ0) is 14.0. The van der Waals surface area contributed by atoms with Crippen LogP contribution < -0.4 is 5.32 Å². The normalized spacial score (nSPS) is 15.8. The van der Waals surface area contributed by atoms with Gasteiger partial charge in [0.1, 0.15) is 0 Å². The van der Waals surface area contributed by atoms with E-state index >= 15 is 0 Å². The van der Waals surface area contributed by atoms with Crippen LogP contribution in [0.2, 0.25) is 0 Å². The van der Waals surface area contributed by atoms with Crippen molar-refractivity contribution < 1.29 is 0 Å². The summed E-state index contributed by atoms with van der Waals surface area (Å²) in [4.78, 5) is 7.10. The molecule has 108 valence electrons. The highest BCUT2D eigenvalue weighted by molar-refractivity contribution is 5.30. The van der Waals surface area contributed by atoms with Crippen molar-refractivity contribution in [1.29, 1.82) is 0 Å². The van der Waals surface area contributed by atoms with Crippen molar-refractivity contribution in [1.82, 2.24) is 14.5 Å². The lowest BCUT2D eigenvalue weighted by atomic mass is 10.2. The van der Waals surface area contributed by atoms with Crippen LogP contribution in [-0.4, -0.2) is 39.6 Å². The number of aryl methyl sites for hydroxylation is 1.